The van der Waals surface area contributed by atoms with Gasteiger partial charge in [-0.15, -0.1) is 0 Å². The van der Waals surface area contributed by atoms with Crippen LogP contribution in [0.4, 0.5) is 5.69 Å². The van der Waals surface area contributed by atoms with Crippen molar-refractivity contribution in [3.05, 3.63) is 70.5 Å². The topological polar surface area (TPSA) is 57.8 Å². The van der Waals surface area contributed by atoms with E-state index in [-0.39, 0.29) is 5.91 Å². The van der Waals surface area contributed by atoms with E-state index in [0.29, 0.717) is 16.4 Å². The molecule has 0 radical (unpaired) electrons. The van der Waals surface area contributed by atoms with Gasteiger partial charge in [0.2, 0.25) is 0 Å². The Morgan fingerprint density at radius 3 is 2.60 bits per heavy atom. The molecule has 0 bridgehead atoms. The molecule has 0 aliphatic rings. The number of aromatic nitrogens is 2. The number of H-pyrrole nitrogens is 1. The summed E-state index contributed by atoms with van der Waals surface area (Å²) >= 11 is 6.12. The SMILES string of the molecule is Cc1ccc2ccc3cc(C(=O)Nc4ccc(C)c(Cl)c4)nc3c2[nH]1. The molecule has 2 aromatic carbocycles. The van der Waals surface area contributed by atoms with E-state index in [1.54, 1.807) is 12.1 Å². The number of nitrogens with zero attached hydrogens (tertiary/aromatic N) is 1. The Kier molecular flexibility index (Phi) is 3.70. The smallest absolute Gasteiger partial charge is 0.274 e. The fourth-order valence-electron chi connectivity index (χ4n) is 2.87. The van der Waals surface area contributed by atoms with E-state index in [0.717, 1.165) is 33.1 Å². The van der Waals surface area contributed by atoms with Crippen molar-refractivity contribution in [2.45, 2.75) is 13.8 Å². The highest BCUT2D eigenvalue weighted by molar-refractivity contribution is 6.31. The number of hydrogen-bond acceptors (Lipinski definition) is 2. The third-order valence-corrected chi connectivity index (χ3v) is 4.67. The van der Waals surface area contributed by atoms with Crippen LogP contribution in [0.2, 0.25) is 5.02 Å². The highest BCUT2D eigenvalue weighted by Crippen LogP contribution is 2.25. The summed E-state index contributed by atoms with van der Waals surface area (Å²) in [6.07, 6.45) is 0. The van der Waals surface area contributed by atoms with Crippen molar-refractivity contribution in [3.8, 4) is 0 Å². The van der Waals surface area contributed by atoms with Crippen molar-refractivity contribution in [1.82, 2.24) is 9.97 Å². The Morgan fingerprint density at radius 1 is 1.04 bits per heavy atom. The maximum Gasteiger partial charge on any atom is 0.274 e. The zero-order valence-electron chi connectivity index (χ0n) is 13.9. The molecule has 4 aromatic rings. The second kappa shape index (κ2) is 5.90. The average Bonchev–Trinajstić information content (AvgIpc) is 3.03. The summed E-state index contributed by atoms with van der Waals surface area (Å²) in [6, 6.07) is 15.3. The van der Waals surface area contributed by atoms with E-state index in [4.69, 9.17) is 11.6 Å². The number of amides is 1. The monoisotopic (exact) mass is 349 g/mol. The number of carbonyl (C=O) groups excluding carboxylic acids is 1. The molecule has 1 amide bonds. The molecule has 0 saturated carbocycles. The van der Waals surface area contributed by atoms with Crippen LogP contribution in [0.15, 0.2) is 48.5 Å². The Morgan fingerprint density at radius 2 is 1.80 bits per heavy atom. The average molecular weight is 350 g/mol. The lowest BCUT2D eigenvalue weighted by molar-refractivity contribution is 0.102. The van der Waals surface area contributed by atoms with Crippen molar-refractivity contribution >= 4 is 45.0 Å². The number of carbonyl (C=O) groups is 1. The molecule has 2 heterocycles. The molecule has 5 heteroatoms. The number of benzene rings is 2. The number of aryl methyl sites for hydroxylation is 2. The number of halogens is 1. The molecule has 0 unspecified atom stereocenters. The molecule has 4 rings (SSSR count). The Hall–Kier alpha value is -2.85. The van der Waals surface area contributed by atoms with Gasteiger partial charge >= 0.3 is 0 Å². The van der Waals surface area contributed by atoms with Gasteiger partial charge in [0.15, 0.2) is 0 Å². The van der Waals surface area contributed by atoms with Crippen LogP contribution in [0.25, 0.3) is 21.8 Å². The minimum Gasteiger partial charge on any atom is -0.357 e. The van der Waals surface area contributed by atoms with E-state index < -0.39 is 0 Å². The summed E-state index contributed by atoms with van der Waals surface area (Å²) in [6.45, 7) is 3.92. The van der Waals surface area contributed by atoms with Crippen LogP contribution >= 0.6 is 11.6 Å². The summed E-state index contributed by atoms with van der Waals surface area (Å²) in [5.41, 5.74) is 4.79. The van der Waals surface area contributed by atoms with Crippen LogP contribution in [-0.4, -0.2) is 15.9 Å². The Labute approximate surface area is 149 Å². The first-order valence-corrected chi connectivity index (χ1v) is 8.36. The number of rotatable bonds is 2. The molecule has 0 aliphatic carbocycles. The summed E-state index contributed by atoms with van der Waals surface area (Å²) in [5, 5.41) is 5.47. The molecule has 124 valence electrons. The quantitative estimate of drug-likeness (QED) is 0.520. The zero-order valence-corrected chi connectivity index (χ0v) is 14.6. The molecule has 2 aromatic heterocycles. The van der Waals surface area contributed by atoms with Crippen LogP contribution < -0.4 is 5.32 Å². The highest BCUT2D eigenvalue weighted by atomic mass is 35.5. The lowest BCUT2D eigenvalue weighted by Crippen LogP contribution is -2.12. The van der Waals surface area contributed by atoms with Gasteiger partial charge in [0.25, 0.3) is 5.91 Å². The molecule has 0 saturated heterocycles. The third-order valence-electron chi connectivity index (χ3n) is 4.26. The molecular weight excluding hydrogens is 334 g/mol. The summed E-state index contributed by atoms with van der Waals surface area (Å²) < 4.78 is 0. The number of hydrogen-bond donors (Lipinski definition) is 2. The van der Waals surface area contributed by atoms with Gasteiger partial charge in [-0.2, -0.15) is 0 Å². The van der Waals surface area contributed by atoms with Gasteiger partial charge < -0.3 is 10.3 Å². The van der Waals surface area contributed by atoms with Crippen molar-refractivity contribution < 1.29 is 4.79 Å². The van der Waals surface area contributed by atoms with Crippen LogP contribution in [0.3, 0.4) is 0 Å². The van der Waals surface area contributed by atoms with Gasteiger partial charge in [-0.3, -0.25) is 4.79 Å². The molecular formula is C20H16ClN3O. The lowest BCUT2D eigenvalue weighted by Gasteiger charge is -2.05. The van der Waals surface area contributed by atoms with Crippen molar-refractivity contribution in [3.63, 3.8) is 0 Å². The number of anilines is 1. The second-order valence-corrected chi connectivity index (χ2v) is 6.58. The Bertz CT molecular complexity index is 1130. The normalized spacial score (nSPS) is 11.2. The number of aromatic amines is 1. The third kappa shape index (κ3) is 2.85. The molecule has 4 nitrogen and oxygen atoms in total. The molecule has 0 aliphatic heterocycles. The number of nitrogens with one attached hydrogen (secondary N) is 2. The van der Waals surface area contributed by atoms with E-state index in [1.807, 2.05) is 50.2 Å². The summed E-state index contributed by atoms with van der Waals surface area (Å²) in [4.78, 5) is 20.4. The predicted octanol–water partition coefficient (Wildman–Crippen LogP) is 5.24. The predicted molar refractivity (Wildman–Crippen MR) is 102 cm³/mol. The maximum atomic E-state index is 12.6. The Balaban J connectivity index is 1.73. The largest absolute Gasteiger partial charge is 0.357 e. The van der Waals surface area contributed by atoms with Gasteiger partial charge in [-0.05, 0) is 43.7 Å². The molecule has 0 spiro atoms. The minimum atomic E-state index is -0.253. The van der Waals surface area contributed by atoms with Gasteiger partial charge in [-0.25, -0.2) is 4.98 Å². The zero-order chi connectivity index (χ0) is 17.6. The molecule has 25 heavy (non-hydrogen) atoms. The van der Waals surface area contributed by atoms with E-state index in [9.17, 15) is 4.79 Å². The first-order chi connectivity index (χ1) is 12.0. The van der Waals surface area contributed by atoms with Gasteiger partial charge in [0.05, 0.1) is 11.0 Å². The maximum absolute atomic E-state index is 12.6. The van der Waals surface area contributed by atoms with Gasteiger partial charge in [0, 0.05) is 27.2 Å². The number of pyridine rings is 1. The first kappa shape index (κ1) is 15.7. The number of fused-ring (bicyclic) bond motifs is 3. The fourth-order valence-corrected chi connectivity index (χ4v) is 3.05. The highest BCUT2D eigenvalue weighted by Gasteiger charge is 2.14. The summed E-state index contributed by atoms with van der Waals surface area (Å²) in [7, 11) is 0. The first-order valence-electron chi connectivity index (χ1n) is 7.98. The molecule has 0 atom stereocenters. The van der Waals surface area contributed by atoms with E-state index in [1.165, 1.54) is 0 Å². The van der Waals surface area contributed by atoms with Crippen LogP contribution in [0.1, 0.15) is 21.7 Å². The minimum absolute atomic E-state index is 0.253. The molecule has 0 fully saturated rings. The standard InChI is InChI=1S/C20H16ClN3O/c1-11-3-8-15(10-16(11)21)23-20(25)17-9-14-7-6-13-5-4-12(2)22-18(13)19(14)24-17/h3-10,22H,1-2H3,(H,23,25). The van der Waals surface area contributed by atoms with Crippen LogP contribution in [0.5, 0.6) is 0 Å². The fraction of sp³-hybridized carbons (Fsp3) is 0.100. The van der Waals surface area contributed by atoms with Crippen molar-refractivity contribution in [2.24, 2.45) is 0 Å². The van der Waals surface area contributed by atoms with E-state index in [2.05, 4.69) is 15.3 Å². The van der Waals surface area contributed by atoms with E-state index >= 15 is 0 Å². The van der Waals surface area contributed by atoms with Crippen molar-refractivity contribution in [2.75, 3.05) is 5.32 Å². The summed E-state index contributed by atoms with van der Waals surface area (Å²) in [5.74, 6) is -0.253. The van der Waals surface area contributed by atoms with Crippen LogP contribution in [0, 0.1) is 13.8 Å². The second-order valence-electron chi connectivity index (χ2n) is 6.17. The van der Waals surface area contributed by atoms with Crippen LogP contribution in [-0.2, 0) is 0 Å². The molecule has 2 N–H and O–H groups in total. The van der Waals surface area contributed by atoms with Gasteiger partial charge in [-0.1, -0.05) is 35.9 Å². The van der Waals surface area contributed by atoms with Gasteiger partial charge in [0.1, 0.15) is 5.69 Å². The van der Waals surface area contributed by atoms with Crippen molar-refractivity contribution in [1.29, 1.82) is 0 Å². The lowest BCUT2D eigenvalue weighted by atomic mass is 10.1.